The van der Waals surface area contributed by atoms with Gasteiger partial charge in [-0.1, -0.05) is 35.1 Å². The number of hydrogen-bond donors (Lipinski definition) is 4. The van der Waals surface area contributed by atoms with Crippen LogP contribution in [0.15, 0.2) is 41.4 Å². The minimum atomic E-state index is -4.63. The highest BCUT2D eigenvalue weighted by atomic mass is 32.2. The molecular weight excluding hydrogens is 516 g/mol. The number of ketones is 1. The van der Waals surface area contributed by atoms with E-state index in [2.05, 4.69) is 20.5 Å². The molecule has 1 atom stereocenters. The van der Waals surface area contributed by atoms with Crippen LogP contribution in [0.1, 0.15) is 44.3 Å². The van der Waals surface area contributed by atoms with Crippen molar-refractivity contribution in [3.63, 3.8) is 0 Å². The Labute approximate surface area is 219 Å². The third kappa shape index (κ3) is 6.36. The molecule has 11 nitrogen and oxygen atoms in total. The molecule has 13 heteroatoms. The van der Waals surface area contributed by atoms with E-state index in [1.165, 1.54) is 0 Å². The number of rotatable bonds is 12. The molecule has 0 unspecified atom stereocenters. The van der Waals surface area contributed by atoms with Crippen LogP contribution in [-0.2, 0) is 21.1 Å². The first-order valence-electron chi connectivity index (χ1n) is 11.5. The van der Waals surface area contributed by atoms with Gasteiger partial charge in [0.15, 0.2) is 25.8 Å². The molecule has 0 fully saturated rings. The number of sulfone groups is 1. The van der Waals surface area contributed by atoms with Crippen LogP contribution in [0.5, 0.6) is 0 Å². The number of carbonyl (C=O) groups excluding carboxylic acids is 1. The van der Waals surface area contributed by atoms with E-state index >= 15 is 0 Å². The van der Waals surface area contributed by atoms with Gasteiger partial charge in [0.1, 0.15) is 10.8 Å². The number of Topliss-reactive ketones (excluding diaryl/α,β-unsaturated/α-hetero) is 1. The van der Waals surface area contributed by atoms with Gasteiger partial charge in [0.2, 0.25) is 5.78 Å². The van der Waals surface area contributed by atoms with Gasteiger partial charge in [-0.05, 0) is 56.9 Å². The number of carbonyl (C=O) groups is 2. The first kappa shape index (κ1) is 28.3. The van der Waals surface area contributed by atoms with Crippen LogP contribution in [0.4, 0.5) is 5.82 Å². The number of carboxylic acid groups (broad SMARTS) is 1. The van der Waals surface area contributed by atoms with Crippen LogP contribution in [0.25, 0.3) is 0 Å². The monoisotopic (exact) mass is 546 g/mol. The Morgan fingerprint density at radius 2 is 1.78 bits per heavy atom. The fourth-order valence-electron chi connectivity index (χ4n) is 4.11. The maximum Gasteiger partial charge on any atom is 0.340 e. The van der Waals surface area contributed by atoms with E-state index in [9.17, 15) is 23.1 Å². The van der Waals surface area contributed by atoms with Crippen molar-refractivity contribution in [2.24, 2.45) is 11.5 Å². The summed E-state index contributed by atoms with van der Waals surface area (Å²) in [5, 5.41) is 18.6. The number of nitrogens with two attached hydrogens (primary N) is 2. The van der Waals surface area contributed by atoms with Gasteiger partial charge < -0.3 is 21.9 Å². The Morgan fingerprint density at radius 3 is 2.38 bits per heavy atom. The molecule has 37 heavy (non-hydrogen) atoms. The fraction of sp³-hybridized carbons (Fsp3) is 0.375. The summed E-state index contributed by atoms with van der Waals surface area (Å²) in [7, 11) is -4.63. The van der Waals surface area contributed by atoms with Crippen molar-refractivity contribution in [2.75, 3.05) is 11.9 Å². The highest BCUT2D eigenvalue weighted by Crippen LogP contribution is 2.31. The zero-order valence-electron chi connectivity index (χ0n) is 20.8. The molecule has 0 bridgehead atoms. The van der Waals surface area contributed by atoms with Gasteiger partial charge >= 0.3 is 5.97 Å². The van der Waals surface area contributed by atoms with Gasteiger partial charge in [-0.2, -0.15) is 0 Å². The average molecular weight is 547 g/mol. The summed E-state index contributed by atoms with van der Waals surface area (Å²) >= 11 is 0.901. The summed E-state index contributed by atoms with van der Waals surface area (Å²) in [4.78, 5) is 29.3. The summed E-state index contributed by atoms with van der Waals surface area (Å²) in [6.45, 7) is 5.60. The Kier molecular flexibility index (Phi) is 8.74. The number of nitrogens with zero attached hydrogens (tertiary/aromatic N) is 3. The van der Waals surface area contributed by atoms with Crippen molar-refractivity contribution < 1.29 is 23.1 Å². The van der Waals surface area contributed by atoms with Crippen LogP contribution < -0.4 is 16.8 Å². The van der Waals surface area contributed by atoms with Gasteiger partial charge in [0.05, 0.1) is 4.90 Å². The van der Waals surface area contributed by atoms with Gasteiger partial charge in [-0.25, -0.2) is 18.2 Å². The smallest absolute Gasteiger partial charge is 0.340 e. The highest BCUT2D eigenvalue weighted by molar-refractivity contribution is 7.93. The summed E-state index contributed by atoms with van der Waals surface area (Å²) in [6.07, 6.45) is 3.70. The molecular formula is C24H30N6O5S2. The van der Waals surface area contributed by atoms with Gasteiger partial charge in [-0.15, -0.1) is 10.2 Å². The number of anilines is 1. The quantitative estimate of drug-likeness (QED) is 0.148. The third-order valence-corrected chi connectivity index (χ3v) is 9.14. The van der Waals surface area contributed by atoms with Gasteiger partial charge in [0, 0.05) is 19.2 Å². The number of pyridine rings is 1. The molecule has 0 amide bonds. The van der Waals surface area contributed by atoms with E-state index in [0.29, 0.717) is 29.1 Å². The molecule has 0 radical (unpaired) electrons. The lowest BCUT2D eigenvalue weighted by atomic mass is 10.0. The number of carboxylic acids is 1. The molecule has 6 N–H and O–H groups in total. The van der Waals surface area contributed by atoms with Crippen LogP contribution in [-0.4, -0.2) is 57.9 Å². The summed E-state index contributed by atoms with van der Waals surface area (Å²) in [6, 6.07) is 8.82. The number of aromatic nitrogens is 3. The molecule has 2 aromatic heterocycles. The van der Waals surface area contributed by atoms with E-state index in [-0.39, 0.29) is 9.90 Å². The predicted octanol–water partition coefficient (Wildman–Crippen LogP) is 2.02. The van der Waals surface area contributed by atoms with Crippen LogP contribution in [0, 0.1) is 20.8 Å². The molecule has 1 aromatic carbocycles. The second-order valence-corrected chi connectivity index (χ2v) is 11.9. The van der Waals surface area contributed by atoms with Crippen molar-refractivity contribution in [3.05, 3.63) is 63.2 Å². The molecule has 3 rings (SSSR count). The van der Waals surface area contributed by atoms with Crippen molar-refractivity contribution in [2.45, 2.75) is 55.8 Å². The van der Waals surface area contributed by atoms with Crippen molar-refractivity contribution in [1.29, 1.82) is 0 Å². The van der Waals surface area contributed by atoms with Crippen LogP contribution >= 0.6 is 11.3 Å². The molecule has 0 saturated carbocycles. The van der Waals surface area contributed by atoms with E-state index < -0.39 is 32.5 Å². The Bertz CT molecular complexity index is 1370. The van der Waals surface area contributed by atoms with Crippen LogP contribution in [0.3, 0.4) is 0 Å². The normalized spacial score (nSPS) is 12.8. The minimum absolute atomic E-state index is 0.178. The van der Waals surface area contributed by atoms with E-state index in [0.717, 1.165) is 35.6 Å². The Balaban J connectivity index is 1.81. The molecule has 198 valence electrons. The first-order chi connectivity index (χ1) is 17.4. The van der Waals surface area contributed by atoms with Gasteiger partial charge in [-0.3, -0.25) is 4.79 Å². The fourth-order valence-corrected chi connectivity index (χ4v) is 7.30. The minimum Gasteiger partial charge on any atom is -0.479 e. The number of nitrogens with one attached hydrogen (secondary N) is 1. The lowest BCUT2D eigenvalue weighted by Gasteiger charge is -2.29. The van der Waals surface area contributed by atoms with E-state index in [1.54, 1.807) is 39.1 Å². The molecule has 0 spiro atoms. The molecule has 0 saturated heterocycles. The zero-order chi connectivity index (χ0) is 27.4. The summed E-state index contributed by atoms with van der Waals surface area (Å²) in [5.41, 5.74) is 10.2. The number of hydrogen-bond acceptors (Lipinski definition) is 11. The largest absolute Gasteiger partial charge is 0.479 e. The van der Waals surface area contributed by atoms with Gasteiger partial charge in [0.25, 0.3) is 0 Å². The Morgan fingerprint density at radius 1 is 1.11 bits per heavy atom. The lowest BCUT2D eigenvalue weighted by Crippen LogP contribution is -2.69. The standard InChI is InChI=1S/C24H30N6O5S2/c1-14-12-15(2)20(16(3)13-14)37(34,35)21(24(25,26)23(32)33)19(31)22-30-29-18(36-22)9-5-7-11-28-17-8-4-6-10-27-17/h4,6,8,10,12-13,21H,5,7,9,11,25-26H2,1-3H3,(H,27,28)(H,32,33)/t21-/m1/s1. The Hall–Kier alpha value is -3.26. The second kappa shape index (κ2) is 11.4. The van der Waals surface area contributed by atoms with Crippen molar-refractivity contribution in [1.82, 2.24) is 15.2 Å². The third-order valence-electron chi connectivity index (χ3n) is 5.71. The van der Waals surface area contributed by atoms with E-state index in [1.807, 2.05) is 18.2 Å². The summed E-state index contributed by atoms with van der Waals surface area (Å²) < 4.78 is 27.4. The molecule has 0 aliphatic rings. The first-order valence-corrected chi connectivity index (χ1v) is 13.9. The zero-order valence-corrected chi connectivity index (χ0v) is 22.4. The maximum absolute atomic E-state index is 13.7. The lowest BCUT2D eigenvalue weighted by molar-refractivity contribution is -0.142. The van der Waals surface area contributed by atoms with E-state index in [4.69, 9.17) is 11.5 Å². The number of aliphatic carboxylic acids is 1. The van der Waals surface area contributed by atoms with Crippen molar-refractivity contribution >= 4 is 38.7 Å². The molecule has 0 aliphatic heterocycles. The summed E-state index contributed by atoms with van der Waals surface area (Å²) in [5.74, 6) is -2.17. The van der Waals surface area contributed by atoms with Crippen LogP contribution in [0.2, 0.25) is 0 Å². The second-order valence-electron chi connectivity index (χ2n) is 8.86. The number of benzene rings is 1. The average Bonchev–Trinajstić information content (AvgIpc) is 3.27. The predicted molar refractivity (Wildman–Crippen MR) is 140 cm³/mol. The number of aryl methyl sites for hydroxylation is 4. The maximum atomic E-state index is 13.7. The molecule has 3 aromatic rings. The topological polar surface area (TPSA) is 191 Å². The SMILES string of the molecule is Cc1cc(C)c(S(=O)(=O)[C@H](C(=O)c2nnc(CCCCNc3ccccn3)s2)C(N)(N)C(=O)O)c(C)c1. The number of unbranched alkanes of at least 4 members (excludes halogenated alkanes) is 1. The van der Waals surface area contributed by atoms with Crippen molar-refractivity contribution in [3.8, 4) is 0 Å². The molecule has 0 aliphatic carbocycles. The highest BCUT2D eigenvalue weighted by Gasteiger charge is 2.53. The molecule has 2 heterocycles.